The van der Waals surface area contributed by atoms with Gasteiger partial charge in [-0.05, 0) is 76.3 Å². The monoisotopic (exact) mass is 808 g/mol. The fourth-order valence-electron chi connectivity index (χ4n) is 8.90. The van der Waals surface area contributed by atoms with Gasteiger partial charge in [-0.15, -0.1) is 0 Å². The van der Waals surface area contributed by atoms with E-state index in [-0.39, 0.29) is 43.5 Å². The van der Waals surface area contributed by atoms with E-state index in [1.165, 1.54) is 4.90 Å². The van der Waals surface area contributed by atoms with E-state index in [0.717, 1.165) is 50.5 Å². The highest BCUT2D eigenvalue weighted by Gasteiger charge is 2.62. The van der Waals surface area contributed by atoms with E-state index < -0.39 is 56.5 Å². The highest BCUT2D eigenvalue weighted by molar-refractivity contribution is 7.91. The molecule has 3 aliphatic heterocycles. The maximum Gasteiger partial charge on any atom is 0.259 e. The molecule has 2 aromatic carbocycles. The second-order valence-corrected chi connectivity index (χ2v) is 18.7. The number of sulfonamides is 1. The van der Waals surface area contributed by atoms with Crippen molar-refractivity contribution in [3.8, 4) is 11.3 Å². The summed E-state index contributed by atoms with van der Waals surface area (Å²) in [5, 5.41) is 6.06. The van der Waals surface area contributed by atoms with Crippen LogP contribution in [0.1, 0.15) is 93.8 Å². The Morgan fingerprint density at radius 2 is 1.64 bits per heavy atom. The van der Waals surface area contributed by atoms with Gasteiger partial charge in [0.25, 0.3) is 11.8 Å². The first-order valence-electron chi connectivity index (χ1n) is 20.9. The minimum absolute atomic E-state index is 0.0181. The molecule has 2 saturated heterocycles. The third kappa shape index (κ3) is 8.53. The molecule has 0 radical (unpaired) electrons. The van der Waals surface area contributed by atoms with Crippen LogP contribution in [0.4, 0.5) is 0 Å². The zero-order chi connectivity index (χ0) is 40.4. The molecule has 4 fully saturated rings. The van der Waals surface area contributed by atoms with Crippen molar-refractivity contribution in [1.82, 2.24) is 30.1 Å². The average Bonchev–Trinajstić information content (AvgIpc) is 4.16. The first-order valence-corrected chi connectivity index (χ1v) is 22.5. The largest absolute Gasteiger partial charge is 0.347 e. The number of piperidine rings is 1. The SMILES string of the molecule is O=C(N[C@@H]1C[C@H]2C(=O)N[C@]3(C(=O)NS(=O)(=O)C4CC4)C[C@H]3/C=C\CCCCC[C@H](CC(=O)N3CCCCC3)C(=O)N2C1)c1cc(-c2ccccc2)nc2ccccc12. The fraction of sp³-hybridized carbons (Fsp3) is 0.500. The van der Waals surface area contributed by atoms with Gasteiger partial charge < -0.3 is 20.4 Å². The molecule has 13 nitrogen and oxygen atoms in total. The second-order valence-electron chi connectivity index (χ2n) is 16.7. The number of amides is 5. The summed E-state index contributed by atoms with van der Waals surface area (Å²) in [5.41, 5.74) is 1.01. The van der Waals surface area contributed by atoms with Crippen molar-refractivity contribution in [2.45, 2.75) is 106 Å². The van der Waals surface area contributed by atoms with Gasteiger partial charge >= 0.3 is 0 Å². The summed E-state index contributed by atoms with van der Waals surface area (Å²) in [5.74, 6) is -3.28. The quantitative estimate of drug-likeness (QED) is 0.277. The van der Waals surface area contributed by atoms with Gasteiger partial charge in [0, 0.05) is 54.9 Å². The Balaban J connectivity index is 1.09. The summed E-state index contributed by atoms with van der Waals surface area (Å²) in [4.78, 5) is 79.2. The maximum atomic E-state index is 14.8. The van der Waals surface area contributed by atoms with Gasteiger partial charge in [-0.2, -0.15) is 0 Å². The third-order valence-electron chi connectivity index (χ3n) is 12.5. The van der Waals surface area contributed by atoms with Crippen LogP contribution < -0.4 is 15.4 Å². The molecule has 14 heteroatoms. The van der Waals surface area contributed by atoms with Gasteiger partial charge in [-0.3, -0.25) is 28.7 Å². The number of nitrogens with zero attached hydrogens (tertiary/aromatic N) is 3. The lowest BCUT2D eigenvalue weighted by molar-refractivity contribution is -0.145. The van der Waals surface area contributed by atoms with Crippen molar-refractivity contribution in [1.29, 1.82) is 0 Å². The minimum Gasteiger partial charge on any atom is -0.347 e. The van der Waals surface area contributed by atoms with E-state index in [1.807, 2.05) is 71.6 Å². The molecule has 58 heavy (non-hydrogen) atoms. The van der Waals surface area contributed by atoms with E-state index in [4.69, 9.17) is 4.98 Å². The molecule has 5 amide bonds. The van der Waals surface area contributed by atoms with Gasteiger partial charge in [0.2, 0.25) is 27.7 Å². The van der Waals surface area contributed by atoms with Crippen molar-refractivity contribution >= 4 is 50.5 Å². The molecule has 306 valence electrons. The number of benzene rings is 2. The topological polar surface area (TPSA) is 175 Å². The van der Waals surface area contributed by atoms with E-state index in [9.17, 15) is 32.4 Å². The van der Waals surface area contributed by atoms with E-state index in [1.54, 1.807) is 6.07 Å². The van der Waals surface area contributed by atoms with E-state index in [0.29, 0.717) is 54.5 Å². The van der Waals surface area contributed by atoms with Crippen molar-refractivity contribution in [2.75, 3.05) is 19.6 Å². The zero-order valence-electron chi connectivity index (χ0n) is 32.7. The minimum atomic E-state index is -3.90. The lowest BCUT2D eigenvalue weighted by Crippen LogP contribution is -2.57. The standard InChI is InChI=1S/C44H52N6O7S/c51-39(49-22-12-5-13-23-49)24-30-16-6-2-1-3-9-17-31-27-44(31,43(55)48-58(56,57)33-20-21-33)47-41(53)38-25-32(28-50(38)42(30)54)45-40(52)35-26-37(29-14-7-4-8-15-29)46-36-19-11-10-18-34(35)36/h4,7-11,14-15,17-19,26,30-33,38H,1-3,5-6,12-13,16,20-25,27-28H2,(H,45,52)(H,47,53)(H,48,55)/b17-9-/t30-,31-,32-,38+,44-/m1/s1. The van der Waals surface area contributed by atoms with E-state index >= 15 is 0 Å². The number of hydrogen-bond donors (Lipinski definition) is 3. The summed E-state index contributed by atoms with van der Waals surface area (Å²) in [6, 6.07) is 17.0. The second kappa shape index (κ2) is 16.6. The maximum absolute atomic E-state index is 14.8. The number of pyridine rings is 1. The highest BCUT2D eigenvalue weighted by atomic mass is 32.2. The Labute approximate surface area is 339 Å². The molecule has 1 aromatic heterocycles. The number of para-hydroxylation sites is 1. The summed E-state index contributed by atoms with van der Waals surface area (Å²) < 4.78 is 28.1. The number of hydrogen-bond acceptors (Lipinski definition) is 8. The van der Waals surface area contributed by atoms with Crippen molar-refractivity contribution in [3.63, 3.8) is 0 Å². The van der Waals surface area contributed by atoms with Crippen molar-refractivity contribution < 1.29 is 32.4 Å². The van der Waals surface area contributed by atoms with Crippen LogP contribution in [0.15, 0.2) is 72.8 Å². The van der Waals surface area contributed by atoms with Gasteiger partial charge in [-0.1, -0.05) is 73.5 Å². The lowest BCUT2D eigenvalue weighted by atomic mass is 9.94. The molecule has 0 bridgehead atoms. The molecule has 0 spiro atoms. The lowest BCUT2D eigenvalue weighted by Gasteiger charge is -2.31. The number of carbonyl (C=O) groups is 5. The van der Waals surface area contributed by atoms with Crippen molar-refractivity contribution in [3.05, 3.63) is 78.4 Å². The average molecular weight is 809 g/mol. The van der Waals surface area contributed by atoms with Crippen LogP contribution in [0, 0.1) is 11.8 Å². The smallest absolute Gasteiger partial charge is 0.259 e. The van der Waals surface area contributed by atoms with Crippen LogP contribution in [0.5, 0.6) is 0 Å². The number of nitrogens with one attached hydrogen (secondary N) is 3. The molecule has 3 N–H and O–H groups in total. The van der Waals surface area contributed by atoms with Gasteiger partial charge in [0.05, 0.1) is 22.0 Å². The molecule has 5 aliphatic rings. The molecule has 2 saturated carbocycles. The number of rotatable bonds is 8. The summed E-state index contributed by atoms with van der Waals surface area (Å²) in [6.07, 6.45) is 11.6. The first-order chi connectivity index (χ1) is 28.0. The summed E-state index contributed by atoms with van der Waals surface area (Å²) in [6.45, 7) is 1.34. The number of carbonyl (C=O) groups excluding carboxylic acids is 5. The zero-order valence-corrected chi connectivity index (χ0v) is 33.6. The molecule has 8 rings (SSSR count). The van der Waals surface area contributed by atoms with Gasteiger partial charge in [0.15, 0.2) is 0 Å². The number of aromatic nitrogens is 1. The molecule has 5 atom stereocenters. The van der Waals surface area contributed by atoms with Crippen LogP contribution >= 0.6 is 0 Å². The fourth-order valence-corrected chi connectivity index (χ4v) is 10.3. The third-order valence-corrected chi connectivity index (χ3v) is 14.3. The van der Waals surface area contributed by atoms with Crippen LogP contribution in [0.25, 0.3) is 22.2 Å². The molecule has 0 unspecified atom stereocenters. The van der Waals surface area contributed by atoms with Gasteiger partial charge in [0.1, 0.15) is 11.6 Å². The number of allylic oxidation sites excluding steroid dienone is 1. The predicted octanol–water partition coefficient (Wildman–Crippen LogP) is 4.62. The molecular formula is C44H52N6O7S. The van der Waals surface area contributed by atoms with E-state index in [2.05, 4.69) is 15.4 Å². The Morgan fingerprint density at radius 1 is 0.897 bits per heavy atom. The van der Waals surface area contributed by atoms with Crippen LogP contribution in [-0.2, 0) is 29.2 Å². The van der Waals surface area contributed by atoms with Gasteiger partial charge in [-0.25, -0.2) is 13.4 Å². The Hall–Kier alpha value is -5.11. The Bertz CT molecular complexity index is 2220. The number of likely N-dealkylation sites (tertiary alicyclic amines) is 1. The predicted molar refractivity (Wildman–Crippen MR) is 218 cm³/mol. The molecule has 3 aromatic rings. The Morgan fingerprint density at radius 3 is 2.41 bits per heavy atom. The normalized spacial score (nSPS) is 27.3. The summed E-state index contributed by atoms with van der Waals surface area (Å²) >= 11 is 0. The first kappa shape index (κ1) is 39.7. The van der Waals surface area contributed by atoms with Crippen LogP contribution in [-0.4, -0.2) is 95.2 Å². The number of fused-ring (bicyclic) bond motifs is 3. The summed E-state index contributed by atoms with van der Waals surface area (Å²) in [7, 11) is -3.90. The Kier molecular flexibility index (Phi) is 11.4. The molecular weight excluding hydrogens is 757 g/mol. The van der Waals surface area contributed by atoms with Crippen LogP contribution in [0.2, 0.25) is 0 Å². The van der Waals surface area contributed by atoms with Crippen molar-refractivity contribution in [2.24, 2.45) is 11.8 Å². The molecule has 2 aliphatic carbocycles. The molecule has 4 heterocycles. The van der Waals surface area contributed by atoms with Crippen LogP contribution in [0.3, 0.4) is 0 Å². The highest BCUT2D eigenvalue weighted by Crippen LogP contribution is 2.46.